The fraction of sp³-hybridized carbons (Fsp3) is 0.524. The van der Waals surface area contributed by atoms with Gasteiger partial charge in [0.15, 0.2) is 11.2 Å². The van der Waals surface area contributed by atoms with Crippen LogP contribution < -0.4 is 9.64 Å². The maximum Gasteiger partial charge on any atom is 0.245 e. The van der Waals surface area contributed by atoms with Crippen LogP contribution in [0.3, 0.4) is 0 Å². The van der Waals surface area contributed by atoms with Crippen LogP contribution in [-0.2, 0) is 11.3 Å². The lowest BCUT2D eigenvalue weighted by molar-refractivity contribution is -0.131. The number of anilines is 1. The fourth-order valence-corrected chi connectivity index (χ4v) is 3.96. The molecule has 3 aromatic rings. The molecule has 2 aliphatic rings. The number of aromatic nitrogens is 6. The first-order valence-electron chi connectivity index (χ1n) is 10.7. The summed E-state index contributed by atoms with van der Waals surface area (Å²) >= 11 is 0. The van der Waals surface area contributed by atoms with E-state index in [0.717, 1.165) is 37.2 Å². The summed E-state index contributed by atoms with van der Waals surface area (Å²) in [6.07, 6.45) is 7.78. The molecule has 1 amide bonds. The number of carbonyl (C=O) groups excluding carboxylic acids is 1. The molecule has 4 heterocycles. The smallest absolute Gasteiger partial charge is 0.245 e. The molecule has 1 aliphatic carbocycles. The van der Waals surface area contributed by atoms with Gasteiger partial charge >= 0.3 is 0 Å². The summed E-state index contributed by atoms with van der Waals surface area (Å²) in [6, 6.07) is 0. The van der Waals surface area contributed by atoms with Gasteiger partial charge < -0.3 is 19.1 Å². The zero-order chi connectivity index (χ0) is 21.5. The van der Waals surface area contributed by atoms with Gasteiger partial charge in [0.05, 0.1) is 12.1 Å². The van der Waals surface area contributed by atoms with E-state index in [1.807, 2.05) is 35.4 Å². The number of amides is 1. The van der Waals surface area contributed by atoms with E-state index in [1.165, 1.54) is 6.33 Å². The van der Waals surface area contributed by atoms with Crippen molar-refractivity contribution >= 4 is 23.0 Å². The highest BCUT2D eigenvalue weighted by Crippen LogP contribution is 2.33. The van der Waals surface area contributed by atoms with Crippen LogP contribution >= 0.6 is 0 Å². The van der Waals surface area contributed by atoms with Crippen molar-refractivity contribution in [2.75, 3.05) is 32.1 Å². The quantitative estimate of drug-likeness (QED) is 0.592. The predicted molar refractivity (Wildman–Crippen MR) is 115 cm³/mol. The van der Waals surface area contributed by atoms with Gasteiger partial charge in [-0.05, 0) is 19.8 Å². The molecular weight excluding hydrogens is 396 g/mol. The third-order valence-corrected chi connectivity index (χ3v) is 5.77. The van der Waals surface area contributed by atoms with E-state index >= 15 is 0 Å². The van der Waals surface area contributed by atoms with E-state index in [9.17, 15) is 4.79 Å². The van der Waals surface area contributed by atoms with E-state index in [2.05, 4.69) is 19.9 Å². The van der Waals surface area contributed by atoms with Crippen molar-refractivity contribution in [1.82, 2.24) is 34.4 Å². The summed E-state index contributed by atoms with van der Waals surface area (Å²) in [6.45, 7) is 4.06. The van der Waals surface area contributed by atoms with Gasteiger partial charge in [0, 0.05) is 51.9 Å². The van der Waals surface area contributed by atoms with E-state index in [-0.39, 0.29) is 17.9 Å². The van der Waals surface area contributed by atoms with Crippen molar-refractivity contribution in [1.29, 1.82) is 0 Å². The van der Waals surface area contributed by atoms with E-state index in [4.69, 9.17) is 9.72 Å². The van der Waals surface area contributed by atoms with Crippen LogP contribution in [0.2, 0.25) is 0 Å². The monoisotopic (exact) mass is 422 g/mol. The maximum atomic E-state index is 12.3. The number of fused-ring (bicyclic) bond motifs is 1. The molecule has 10 heteroatoms. The topological polar surface area (TPSA) is 102 Å². The highest BCUT2D eigenvalue weighted by molar-refractivity contribution is 5.82. The molecule has 1 saturated heterocycles. The molecule has 5 rings (SSSR count). The molecule has 0 bridgehead atoms. The molecule has 1 saturated carbocycles. The Hall–Kier alpha value is -3.30. The number of imidazole rings is 1. The highest BCUT2D eigenvalue weighted by atomic mass is 16.5. The Balaban J connectivity index is 1.43. The molecule has 0 aromatic carbocycles. The maximum absolute atomic E-state index is 12.3. The van der Waals surface area contributed by atoms with Crippen LogP contribution in [-0.4, -0.2) is 73.6 Å². The van der Waals surface area contributed by atoms with Gasteiger partial charge in [-0.15, -0.1) is 0 Å². The zero-order valence-electron chi connectivity index (χ0n) is 18.0. The van der Waals surface area contributed by atoms with Crippen molar-refractivity contribution in [3.8, 4) is 17.3 Å². The van der Waals surface area contributed by atoms with Crippen LogP contribution in [0.25, 0.3) is 22.6 Å². The van der Waals surface area contributed by atoms with Crippen LogP contribution in [0.15, 0.2) is 18.7 Å². The second-order valence-electron chi connectivity index (χ2n) is 8.28. The summed E-state index contributed by atoms with van der Waals surface area (Å²) in [5.41, 5.74) is 2.13. The molecule has 2 fully saturated rings. The Morgan fingerprint density at radius 3 is 2.61 bits per heavy atom. The molecule has 0 unspecified atom stereocenters. The average molecular weight is 422 g/mol. The van der Waals surface area contributed by atoms with Gasteiger partial charge in [0.25, 0.3) is 0 Å². The van der Waals surface area contributed by atoms with Crippen LogP contribution in [0.1, 0.15) is 26.2 Å². The van der Waals surface area contributed by atoms with Crippen molar-refractivity contribution in [2.24, 2.45) is 5.92 Å². The van der Waals surface area contributed by atoms with Gasteiger partial charge in [-0.2, -0.15) is 4.98 Å². The minimum Gasteiger partial charge on any atom is -0.471 e. The lowest BCUT2D eigenvalue weighted by atomic mass is 10.3. The number of likely N-dealkylation sites (tertiary alicyclic amines) is 1. The average Bonchev–Trinajstić information content (AvgIpc) is 3.41. The van der Waals surface area contributed by atoms with E-state index < -0.39 is 0 Å². The standard InChI is InChI=1S/C21H26N8O2/c1-4-29-17(14-9-22-21(23-10-14)27(2)3)26-16-18(29)24-12-25-19(16)31-15-7-8-28(11-15)20(30)13-5-6-13/h9-10,12-13,15H,4-8,11H2,1-3H3/t15-/m0/s1. The zero-order valence-corrected chi connectivity index (χ0v) is 18.0. The Morgan fingerprint density at radius 1 is 1.16 bits per heavy atom. The SMILES string of the molecule is CCn1c(-c2cnc(N(C)C)nc2)nc2c(O[C@H]3CCN(C(=O)C4CC4)C3)ncnc21. The van der Waals surface area contributed by atoms with Crippen molar-refractivity contribution in [3.63, 3.8) is 0 Å². The van der Waals surface area contributed by atoms with Crippen molar-refractivity contribution in [3.05, 3.63) is 18.7 Å². The molecule has 10 nitrogen and oxygen atoms in total. The van der Waals surface area contributed by atoms with Crippen LogP contribution in [0, 0.1) is 5.92 Å². The molecule has 0 spiro atoms. The molecule has 1 atom stereocenters. The molecule has 3 aromatic heterocycles. The van der Waals surface area contributed by atoms with Gasteiger partial charge in [0.1, 0.15) is 18.3 Å². The predicted octanol–water partition coefficient (Wildman–Crippen LogP) is 1.76. The van der Waals surface area contributed by atoms with E-state index in [1.54, 1.807) is 12.4 Å². The first kappa shape index (κ1) is 19.7. The fourth-order valence-electron chi connectivity index (χ4n) is 3.96. The Labute approximate surface area is 180 Å². The molecule has 0 radical (unpaired) electrons. The largest absolute Gasteiger partial charge is 0.471 e. The third kappa shape index (κ3) is 3.66. The number of aryl methyl sites for hydroxylation is 1. The highest BCUT2D eigenvalue weighted by Gasteiger charge is 2.37. The molecule has 1 aliphatic heterocycles. The Bertz CT molecular complexity index is 1110. The van der Waals surface area contributed by atoms with Crippen molar-refractivity contribution in [2.45, 2.75) is 38.8 Å². The second-order valence-corrected chi connectivity index (χ2v) is 8.28. The first-order chi connectivity index (χ1) is 15.0. The lowest BCUT2D eigenvalue weighted by Gasteiger charge is -2.16. The number of ether oxygens (including phenoxy) is 1. The minimum atomic E-state index is -0.0845. The molecule has 31 heavy (non-hydrogen) atoms. The molecule has 162 valence electrons. The number of hydrogen-bond acceptors (Lipinski definition) is 8. The lowest BCUT2D eigenvalue weighted by Crippen LogP contribution is -2.32. The van der Waals surface area contributed by atoms with Crippen molar-refractivity contribution < 1.29 is 9.53 Å². The van der Waals surface area contributed by atoms with Crippen LogP contribution in [0.5, 0.6) is 5.88 Å². The van der Waals surface area contributed by atoms with Gasteiger partial charge in [-0.3, -0.25) is 4.79 Å². The summed E-state index contributed by atoms with van der Waals surface area (Å²) in [5, 5.41) is 0. The first-order valence-corrected chi connectivity index (χ1v) is 10.7. The van der Waals surface area contributed by atoms with Gasteiger partial charge in [0.2, 0.25) is 17.7 Å². The van der Waals surface area contributed by atoms with Crippen LogP contribution in [0.4, 0.5) is 5.95 Å². The molecular formula is C21H26N8O2. The Kier molecular flexibility index (Phi) is 4.91. The number of carbonyl (C=O) groups is 1. The summed E-state index contributed by atoms with van der Waals surface area (Å²) < 4.78 is 8.22. The summed E-state index contributed by atoms with van der Waals surface area (Å²) in [4.78, 5) is 38.5. The number of nitrogens with zero attached hydrogens (tertiary/aromatic N) is 8. The summed E-state index contributed by atoms with van der Waals surface area (Å²) in [5.74, 6) is 2.31. The summed E-state index contributed by atoms with van der Waals surface area (Å²) in [7, 11) is 3.80. The normalized spacial score (nSPS) is 18.5. The van der Waals surface area contributed by atoms with E-state index in [0.29, 0.717) is 36.1 Å². The second kappa shape index (κ2) is 7.75. The number of hydrogen-bond donors (Lipinski definition) is 0. The minimum absolute atomic E-state index is 0.0845. The molecule has 0 N–H and O–H groups in total. The van der Waals surface area contributed by atoms with Gasteiger partial charge in [-0.25, -0.2) is 19.9 Å². The number of rotatable bonds is 6. The van der Waals surface area contributed by atoms with Gasteiger partial charge in [-0.1, -0.05) is 0 Å². The Morgan fingerprint density at radius 2 is 1.94 bits per heavy atom. The third-order valence-electron chi connectivity index (χ3n) is 5.77.